The number of aliphatic imine (C=N–C) groups is 1. The van der Waals surface area contributed by atoms with E-state index in [1.807, 2.05) is 0 Å². The Labute approximate surface area is 136 Å². The molecule has 116 valence electrons. The number of nitrogens with zero attached hydrogens (tertiary/aromatic N) is 1. The lowest BCUT2D eigenvalue weighted by Crippen LogP contribution is -2.36. The van der Waals surface area contributed by atoms with Gasteiger partial charge in [0.25, 0.3) is 0 Å². The third kappa shape index (κ3) is 11.5. The molecule has 0 aromatic carbocycles. The van der Waals surface area contributed by atoms with Crippen molar-refractivity contribution in [2.45, 2.75) is 59.5 Å². The summed E-state index contributed by atoms with van der Waals surface area (Å²) in [5.74, 6) is 0.526. The maximum atomic E-state index is 5.82. The van der Waals surface area contributed by atoms with Crippen molar-refractivity contribution in [1.82, 2.24) is 5.32 Å². The molecule has 0 saturated heterocycles. The summed E-state index contributed by atoms with van der Waals surface area (Å²) in [5.41, 5.74) is 5.90. The highest BCUT2D eigenvalue weighted by Crippen LogP contribution is 2.21. The molecule has 3 N–H and O–H groups in total. The molecule has 19 heavy (non-hydrogen) atoms. The molecular formula is C14H32IN3O. The Morgan fingerprint density at radius 2 is 1.89 bits per heavy atom. The van der Waals surface area contributed by atoms with Crippen LogP contribution >= 0.6 is 24.0 Å². The summed E-state index contributed by atoms with van der Waals surface area (Å²) in [5, 5.41) is 3.14. The molecule has 0 heterocycles. The number of halogens is 1. The topological polar surface area (TPSA) is 59.6 Å². The summed E-state index contributed by atoms with van der Waals surface area (Å²) < 4.78 is 5.43. The van der Waals surface area contributed by atoms with Crippen LogP contribution in [0.3, 0.4) is 0 Å². The highest BCUT2D eigenvalue weighted by molar-refractivity contribution is 14.0. The van der Waals surface area contributed by atoms with Crippen LogP contribution in [0.2, 0.25) is 0 Å². The summed E-state index contributed by atoms with van der Waals surface area (Å²) >= 11 is 0. The lowest BCUT2D eigenvalue weighted by atomic mass is 9.89. The minimum absolute atomic E-state index is 0. The van der Waals surface area contributed by atoms with Gasteiger partial charge >= 0.3 is 0 Å². The van der Waals surface area contributed by atoms with Crippen LogP contribution in [0.15, 0.2) is 4.99 Å². The van der Waals surface area contributed by atoms with Gasteiger partial charge in [-0.3, -0.25) is 4.99 Å². The molecule has 0 spiro atoms. The van der Waals surface area contributed by atoms with Crippen molar-refractivity contribution in [3.05, 3.63) is 0 Å². The molecule has 0 aliphatic heterocycles. The fourth-order valence-corrected chi connectivity index (χ4v) is 1.71. The van der Waals surface area contributed by atoms with Crippen molar-refractivity contribution in [2.24, 2.45) is 16.1 Å². The molecule has 0 aromatic rings. The molecular weight excluding hydrogens is 353 g/mol. The van der Waals surface area contributed by atoms with Crippen LogP contribution in [0.1, 0.15) is 53.4 Å². The Bertz CT molecular complexity index is 239. The average molecular weight is 385 g/mol. The van der Waals surface area contributed by atoms with E-state index in [2.05, 4.69) is 38.0 Å². The van der Waals surface area contributed by atoms with Gasteiger partial charge in [0.2, 0.25) is 0 Å². The second-order valence-corrected chi connectivity index (χ2v) is 5.80. The molecule has 0 fully saturated rings. The highest BCUT2D eigenvalue weighted by atomic mass is 127. The van der Waals surface area contributed by atoms with E-state index in [-0.39, 0.29) is 35.5 Å². The van der Waals surface area contributed by atoms with E-state index in [9.17, 15) is 0 Å². The zero-order valence-electron chi connectivity index (χ0n) is 13.2. The lowest BCUT2D eigenvalue weighted by Gasteiger charge is -2.27. The van der Waals surface area contributed by atoms with Crippen molar-refractivity contribution < 1.29 is 4.74 Å². The van der Waals surface area contributed by atoms with Crippen molar-refractivity contribution in [2.75, 3.05) is 20.2 Å². The normalized spacial score (nSPS) is 13.8. The van der Waals surface area contributed by atoms with Gasteiger partial charge in [-0.25, -0.2) is 0 Å². The summed E-state index contributed by atoms with van der Waals surface area (Å²) in [6, 6.07) is 0. The van der Waals surface area contributed by atoms with E-state index in [4.69, 9.17) is 10.5 Å². The number of nitrogens with one attached hydrogen (secondary N) is 1. The van der Waals surface area contributed by atoms with Gasteiger partial charge in [0.05, 0.1) is 12.6 Å². The number of methoxy groups -OCH3 is 1. The smallest absolute Gasteiger partial charge is 0.188 e. The fourth-order valence-electron chi connectivity index (χ4n) is 1.71. The second-order valence-electron chi connectivity index (χ2n) is 5.80. The van der Waals surface area contributed by atoms with Crippen LogP contribution in [0.4, 0.5) is 0 Å². The quantitative estimate of drug-likeness (QED) is 0.292. The zero-order chi connectivity index (χ0) is 14.0. The first-order chi connectivity index (χ1) is 8.41. The van der Waals surface area contributed by atoms with Crippen LogP contribution in [0.25, 0.3) is 0 Å². The van der Waals surface area contributed by atoms with E-state index in [0.29, 0.717) is 12.5 Å². The van der Waals surface area contributed by atoms with Crippen molar-refractivity contribution in [3.8, 4) is 0 Å². The number of nitrogens with two attached hydrogens (primary N) is 1. The van der Waals surface area contributed by atoms with E-state index in [0.717, 1.165) is 13.0 Å². The molecule has 0 bridgehead atoms. The van der Waals surface area contributed by atoms with Gasteiger partial charge in [-0.2, -0.15) is 0 Å². The maximum absolute atomic E-state index is 5.82. The Hall–Kier alpha value is -0.0400. The molecule has 0 saturated carbocycles. The monoisotopic (exact) mass is 385 g/mol. The van der Waals surface area contributed by atoms with Crippen LogP contribution in [-0.4, -0.2) is 32.3 Å². The minimum Gasteiger partial charge on any atom is -0.379 e. The molecule has 0 aliphatic carbocycles. The summed E-state index contributed by atoms with van der Waals surface area (Å²) in [7, 11) is 1.72. The Balaban J connectivity index is 0. The average Bonchev–Trinajstić information content (AvgIpc) is 2.27. The standard InChI is InChI=1S/C14H31N3O.HI/c1-6-7-8-9-10-16-13(15)17-11-12(18-5)14(2,3)4;/h12H,6-11H2,1-5H3,(H3,15,16,17);1H. The molecule has 0 aliphatic rings. The maximum Gasteiger partial charge on any atom is 0.188 e. The SMILES string of the molecule is CCCCCCNC(N)=NCC(OC)C(C)(C)C.I. The predicted molar refractivity (Wildman–Crippen MR) is 94.3 cm³/mol. The third-order valence-electron chi connectivity index (χ3n) is 3.01. The van der Waals surface area contributed by atoms with Crippen LogP contribution < -0.4 is 11.1 Å². The highest BCUT2D eigenvalue weighted by Gasteiger charge is 2.23. The molecule has 1 unspecified atom stereocenters. The van der Waals surface area contributed by atoms with E-state index >= 15 is 0 Å². The number of hydrogen-bond acceptors (Lipinski definition) is 2. The van der Waals surface area contributed by atoms with Gasteiger partial charge in [0, 0.05) is 13.7 Å². The Morgan fingerprint density at radius 1 is 1.26 bits per heavy atom. The Morgan fingerprint density at radius 3 is 2.37 bits per heavy atom. The molecule has 5 heteroatoms. The predicted octanol–water partition coefficient (Wildman–Crippen LogP) is 3.15. The van der Waals surface area contributed by atoms with E-state index < -0.39 is 0 Å². The number of rotatable bonds is 8. The van der Waals surface area contributed by atoms with Gasteiger partial charge in [-0.15, -0.1) is 24.0 Å². The lowest BCUT2D eigenvalue weighted by molar-refractivity contribution is 0.0241. The minimum atomic E-state index is 0. The summed E-state index contributed by atoms with van der Waals surface area (Å²) in [6.07, 6.45) is 5.04. The largest absolute Gasteiger partial charge is 0.379 e. The number of hydrogen-bond donors (Lipinski definition) is 2. The first-order valence-electron chi connectivity index (χ1n) is 6.98. The van der Waals surface area contributed by atoms with Gasteiger partial charge in [0.1, 0.15) is 0 Å². The second kappa shape index (κ2) is 11.8. The van der Waals surface area contributed by atoms with Gasteiger partial charge in [-0.1, -0.05) is 47.0 Å². The first-order valence-corrected chi connectivity index (χ1v) is 6.98. The van der Waals surface area contributed by atoms with E-state index in [1.54, 1.807) is 7.11 Å². The van der Waals surface area contributed by atoms with Gasteiger partial charge < -0.3 is 15.8 Å². The molecule has 0 aromatic heterocycles. The van der Waals surface area contributed by atoms with Gasteiger partial charge in [0.15, 0.2) is 5.96 Å². The van der Waals surface area contributed by atoms with Crippen LogP contribution in [0, 0.1) is 5.41 Å². The molecule has 1 atom stereocenters. The van der Waals surface area contributed by atoms with Crippen molar-refractivity contribution >= 4 is 29.9 Å². The van der Waals surface area contributed by atoms with Crippen LogP contribution in [-0.2, 0) is 4.74 Å². The molecule has 0 radical (unpaired) electrons. The van der Waals surface area contributed by atoms with Crippen molar-refractivity contribution in [3.63, 3.8) is 0 Å². The fraction of sp³-hybridized carbons (Fsp3) is 0.929. The number of unbranched alkanes of at least 4 members (excludes halogenated alkanes) is 3. The molecule has 4 nitrogen and oxygen atoms in total. The Kier molecular flexibility index (Phi) is 13.2. The zero-order valence-corrected chi connectivity index (χ0v) is 15.5. The third-order valence-corrected chi connectivity index (χ3v) is 3.01. The first kappa shape index (κ1) is 21.3. The molecule has 0 amide bonds. The summed E-state index contributed by atoms with van der Waals surface area (Å²) in [6.45, 7) is 10.2. The van der Waals surface area contributed by atoms with E-state index in [1.165, 1.54) is 19.3 Å². The van der Waals surface area contributed by atoms with Gasteiger partial charge in [-0.05, 0) is 11.8 Å². The number of ether oxygens (including phenoxy) is 1. The van der Waals surface area contributed by atoms with Crippen LogP contribution in [0.5, 0.6) is 0 Å². The molecule has 0 rings (SSSR count). The summed E-state index contributed by atoms with van der Waals surface area (Å²) in [4.78, 5) is 4.34. The van der Waals surface area contributed by atoms with Crippen molar-refractivity contribution in [1.29, 1.82) is 0 Å². The number of guanidine groups is 1.